The Balaban J connectivity index is 3.26. The molecule has 4 heteroatoms. The van der Waals surface area contributed by atoms with E-state index in [2.05, 4.69) is 0 Å². The topological polar surface area (TPSA) is 52.3 Å². The first-order chi connectivity index (χ1) is 6.57. The number of anilines is 1. The minimum atomic E-state index is -0.547. The molecule has 1 aromatic carbocycles. The lowest BCUT2D eigenvalue weighted by Crippen LogP contribution is -2.05. The molecule has 0 atom stereocenters. The number of nitrogens with two attached hydrogens (primary N) is 1. The summed E-state index contributed by atoms with van der Waals surface area (Å²) in [5, 5.41) is 0. The second-order valence-electron chi connectivity index (χ2n) is 2.83. The average molecular weight is 197 g/mol. The first-order valence-corrected chi connectivity index (χ1v) is 4.29. The number of rotatable bonds is 3. The summed E-state index contributed by atoms with van der Waals surface area (Å²) >= 11 is 0. The number of carbonyl (C=O) groups is 1. The molecule has 0 bridgehead atoms. The van der Waals surface area contributed by atoms with Crippen molar-refractivity contribution in [2.75, 3.05) is 12.3 Å². The van der Waals surface area contributed by atoms with Gasteiger partial charge in [0.05, 0.1) is 12.3 Å². The van der Waals surface area contributed by atoms with Gasteiger partial charge in [-0.3, -0.25) is 4.79 Å². The number of Topliss-reactive ketones (excluding diaryl/α,β-unsaturated/α-hetero) is 1. The number of nitrogen functional groups attached to an aromatic ring is 1. The third-order valence-electron chi connectivity index (χ3n) is 1.82. The molecule has 2 N–H and O–H groups in total. The molecule has 0 aliphatic rings. The molecule has 1 rings (SSSR count). The van der Waals surface area contributed by atoms with Gasteiger partial charge in [0.2, 0.25) is 0 Å². The van der Waals surface area contributed by atoms with Crippen molar-refractivity contribution in [1.29, 1.82) is 0 Å². The summed E-state index contributed by atoms with van der Waals surface area (Å²) in [5.74, 6) is -0.794. The van der Waals surface area contributed by atoms with E-state index in [-0.39, 0.29) is 22.8 Å². The van der Waals surface area contributed by atoms with Gasteiger partial charge in [0, 0.05) is 5.56 Å². The van der Waals surface area contributed by atoms with Crippen molar-refractivity contribution in [3.8, 4) is 5.75 Å². The summed E-state index contributed by atoms with van der Waals surface area (Å²) in [6.07, 6.45) is 0. The highest BCUT2D eigenvalue weighted by atomic mass is 19.1. The Bertz CT molecular complexity index is 363. The molecule has 0 spiro atoms. The summed E-state index contributed by atoms with van der Waals surface area (Å²) in [7, 11) is 0. The van der Waals surface area contributed by atoms with Gasteiger partial charge in [0.15, 0.2) is 17.3 Å². The first kappa shape index (κ1) is 10.5. The first-order valence-electron chi connectivity index (χ1n) is 4.29. The minimum Gasteiger partial charge on any atom is -0.489 e. The monoisotopic (exact) mass is 197 g/mol. The van der Waals surface area contributed by atoms with Crippen molar-refractivity contribution in [3.63, 3.8) is 0 Å². The summed E-state index contributed by atoms with van der Waals surface area (Å²) in [6, 6.07) is 2.54. The molecule has 3 nitrogen and oxygen atoms in total. The lowest BCUT2D eigenvalue weighted by atomic mass is 10.1. The molecule has 0 radical (unpaired) electrons. The SMILES string of the molecule is CCOc1c(F)ccc(C(C)=O)c1N. The van der Waals surface area contributed by atoms with Crippen LogP contribution in [0.4, 0.5) is 10.1 Å². The lowest BCUT2D eigenvalue weighted by Gasteiger charge is -2.10. The van der Waals surface area contributed by atoms with E-state index >= 15 is 0 Å². The number of ketones is 1. The van der Waals surface area contributed by atoms with Gasteiger partial charge < -0.3 is 10.5 Å². The zero-order valence-electron chi connectivity index (χ0n) is 8.13. The van der Waals surface area contributed by atoms with Gasteiger partial charge in [-0.25, -0.2) is 4.39 Å². The van der Waals surface area contributed by atoms with Gasteiger partial charge in [0.1, 0.15) is 0 Å². The predicted octanol–water partition coefficient (Wildman–Crippen LogP) is 2.01. The van der Waals surface area contributed by atoms with Crippen LogP contribution in [0.1, 0.15) is 24.2 Å². The molecular weight excluding hydrogens is 185 g/mol. The third kappa shape index (κ3) is 1.84. The van der Waals surface area contributed by atoms with E-state index in [1.54, 1.807) is 6.92 Å². The fourth-order valence-electron chi connectivity index (χ4n) is 1.17. The molecule has 0 saturated carbocycles. The Morgan fingerprint density at radius 1 is 1.57 bits per heavy atom. The second kappa shape index (κ2) is 4.09. The standard InChI is InChI=1S/C10H12FNO2/c1-3-14-10-8(11)5-4-7(6(2)13)9(10)12/h4-5H,3,12H2,1-2H3. The lowest BCUT2D eigenvalue weighted by molar-refractivity contribution is 0.101. The summed E-state index contributed by atoms with van der Waals surface area (Å²) in [5.41, 5.74) is 5.94. The van der Waals surface area contributed by atoms with Crippen molar-refractivity contribution in [2.24, 2.45) is 0 Å². The van der Waals surface area contributed by atoms with Crippen LogP contribution in [0.15, 0.2) is 12.1 Å². The van der Waals surface area contributed by atoms with Crippen LogP contribution < -0.4 is 10.5 Å². The molecule has 0 saturated heterocycles. The molecule has 0 aliphatic heterocycles. The highest BCUT2D eigenvalue weighted by Gasteiger charge is 2.14. The van der Waals surface area contributed by atoms with E-state index in [1.165, 1.54) is 19.1 Å². The van der Waals surface area contributed by atoms with Crippen LogP contribution in [0, 0.1) is 5.82 Å². The van der Waals surface area contributed by atoms with Crippen LogP contribution >= 0.6 is 0 Å². The van der Waals surface area contributed by atoms with Crippen LogP contribution in [0.3, 0.4) is 0 Å². The van der Waals surface area contributed by atoms with Crippen molar-refractivity contribution in [3.05, 3.63) is 23.5 Å². The normalized spacial score (nSPS) is 9.93. The Kier molecular flexibility index (Phi) is 3.06. The number of benzene rings is 1. The fourth-order valence-corrected chi connectivity index (χ4v) is 1.17. The molecular formula is C10H12FNO2. The van der Waals surface area contributed by atoms with E-state index in [0.29, 0.717) is 6.61 Å². The van der Waals surface area contributed by atoms with E-state index in [4.69, 9.17) is 10.5 Å². The van der Waals surface area contributed by atoms with Gasteiger partial charge in [0.25, 0.3) is 0 Å². The van der Waals surface area contributed by atoms with Gasteiger partial charge in [-0.2, -0.15) is 0 Å². The van der Waals surface area contributed by atoms with E-state index in [1.807, 2.05) is 0 Å². The van der Waals surface area contributed by atoms with Crippen molar-refractivity contribution in [1.82, 2.24) is 0 Å². The predicted molar refractivity (Wildman–Crippen MR) is 52.0 cm³/mol. The number of hydrogen-bond acceptors (Lipinski definition) is 3. The molecule has 0 fully saturated rings. The molecule has 0 amide bonds. The number of carbonyl (C=O) groups excluding carboxylic acids is 1. The number of hydrogen-bond donors (Lipinski definition) is 1. The minimum absolute atomic E-state index is 0.0415. The van der Waals surface area contributed by atoms with Crippen molar-refractivity contribution >= 4 is 11.5 Å². The quantitative estimate of drug-likeness (QED) is 0.595. The summed E-state index contributed by atoms with van der Waals surface area (Å²) in [4.78, 5) is 11.1. The molecule has 1 aromatic rings. The van der Waals surface area contributed by atoms with Gasteiger partial charge in [-0.05, 0) is 26.0 Å². The maximum Gasteiger partial charge on any atom is 0.178 e. The number of halogens is 1. The summed E-state index contributed by atoms with van der Waals surface area (Å²) in [6.45, 7) is 3.40. The van der Waals surface area contributed by atoms with E-state index < -0.39 is 5.82 Å². The highest BCUT2D eigenvalue weighted by molar-refractivity contribution is 6.00. The molecule has 76 valence electrons. The Hall–Kier alpha value is -1.58. The van der Waals surface area contributed by atoms with Crippen LogP contribution in [-0.4, -0.2) is 12.4 Å². The second-order valence-corrected chi connectivity index (χ2v) is 2.83. The molecule has 0 unspecified atom stereocenters. The van der Waals surface area contributed by atoms with Gasteiger partial charge in [-0.15, -0.1) is 0 Å². The smallest absolute Gasteiger partial charge is 0.178 e. The Morgan fingerprint density at radius 2 is 2.21 bits per heavy atom. The zero-order chi connectivity index (χ0) is 10.7. The molecule has 14 heavy (non-hydrogen) atoms. The zero-order valence-corrected chi connectivity index (χ0v) is 8.13. The van der Waals surface area contributed by atoms with E-state index in [0.717, 1.165) is 0 Å². The molecule has 0 aliphatic carbocycles. The van der Waals surface area contributed by atoms with Crippen LogP contribution in [0.5, 0.6) is 5.75 Å². The van der Waals surface area contributed by atoms with Gasteiger partial charge in [-0.1, -0.05) is 0 Å². The largest absolute Gasteiger partial charge is 0.489 e. The Labute approximate surface area is 81.7 Å². The van der Waals surface area contributed by atoms with Crippen molar-refractivity contribution in [2.45, 2.75) is 13.8 Å². The maximum atomic E-state index is 13.2. The number of ether oxygens (including phenoxy) is 1. The maximum absolute atomic E-state index is 13.2. The molecule has 0 heterocycles. The third-order valence-corrected chi connectivity index (χ3v) is 1.82. The fraction of sp³-hybridized carbons (Fsp3) is 0.300. The highest BCUT2D eigenvalue weighted by Crippen LogP contribution is 2.29. The molecule has 0 aromatic heterocycles. The van der Waals surface area contributed by atoms with E-state index in [9.17, 15) is 9.18 Å². The van der Waals surface area contributed by atoms with Crippen molar-refractivity contribution < 1.29 is 13.9 Å². The van der Waals surface area contributed by atoms with Crippen LogP contribution in [-0.2, 0) is 0 Å². The van der Waals surface area contributed by atoms with Crippen LogP contribution in [0.25, 0.3) is 0 Å². The van der Waals surface area contributed by atoms with Crippen LogP contribution in [0.2, 0.25) is 0 Å². The summed E-state index contributed by atoms with van der Waals surface area (Å²) < 4.78 is 18.2. The Morgan fingerprint density at radius 3 is 2.71 bits per heavy atom. The van der Waals surface area contributed by atoms with Gasteiger partial charge >= 0.3 is 0 Å². The average Bonchev–Trinajstić information content (AvgIpc) is 2.11.